The molecule has 1 unspecified atom stereocenters. The van der Waals surface area contributed by atoms with E-state index in [0.29, 0.717) is 22.2 Å². The molecule has 4 rings (SSSR count). The van der Waals surface area contributed by atoms with Crippen molar-refractivity contribution in [2.45, 2.75) is 24.3 Å². The van der Waals surface area contributed by atoms with Gasteiger partial charge in [-0.15, -0.1) is 5.10 Å². The summed E-state index contributed by atoms with van der Waals surface area (Å²) in [5, 5.41) is 14.6. The third kappa shape index (κ3) is 3.61. The summed E-state index contributed by atoms with van der Waals surface area (Å²) in [6.07, 6.45) is 0. The summed E-state index contributed by atoms with van der Waals surface area (Å²) >= 11 is 1.28. The molecule has 1 aliphatic heterocycles. The van der Waals surface area contributed by atoms with Crippen LogP contribution in [0.2, 0.25) is 0 Å². The fraction of sp³-hybridized carbons (Fsp3) is 0.211. The van der Waals surface area contributed by atoms with E-state index in [0.717, 1.165) is 11.3 Å². The van der Waals surface area contributed by atoms with Crippen molar-refractivity contribution in [3.63, 3.8) is 0 Å². The minimum Gasteiger partial charge on any atom is -0.482 e. The standard InChI is InChI=1S/C19H17N5O3S/c1-11-3-6-14(7-4-11)24-19(21-22-23-24)28-12(2)18(26)13-5-8-16-15(9-13)20-17(25)10-27-16/h3-9,12H,10H2,1-2H3,(H,20,25). The van der Waals surface area contributed by atoms with Crippen LogP contribution in [0.15, 0.2) is 47.6 Å². The van der Waals surface area contributed by atoms with Crippen LogP contribution in [-0.4, -0.2) is 43.8 Å². The fourth-order valence-electron chi connectivity index (χ4n) is 2.78. The molecular weight excluding hydrogens is 378 g/mol. The van der Waals surface area contributed by atoms with Crippen LogP contribution in [0.3, 0.4) is 0 Å². The maximum atomic E-state index is 12.9. The highest BCUT2D eigenvalue weighted by atomic mass is 32.2. The number of aromatic nitrogens is 4. The molecule has 2 heterocycles. The average molecular weight is 395 g/mol. The molecule has 0 saturated carbocycles. The molecule has 0 aliphatic carbocycles. The van der Waals surface area contributed by atoms with E-state index in [2.05, 4.69) is 20.8 Å². The number of thioether (sulfide) groups is 1. The first-order valence-electron chi connectivity index (χ1n) is 8.64. The van der Waals surface area contributed by atoms with Crippen LogP contribution < -0.4 is 10.1 Å². The van der Waals surface area contributed by atoms with E-state index in [4.69, 9.17) is 4.74 Å². The Morgan fingerprint density at radius 3 is 2.82 bits per heavy atom. The lowest BCUT2D eigenvalue weighted by molar-refractivity contribution is -0.118. The lowest BCUT2D eigenvalue weighted by atomic mass is 10.1. The van der Waals surface area contributed by atoms with Gasteiger partial charge in [0.2, 0.25) is 5.16 Å². The number of rotatable bonds is 5. The molecule has 9 heteroatoms. The Labute approximate surface area is 165 Å². The van der Waals surface area contributed by atoms with Crippen molar-refractivity contribution in [3.8, 4) is 11.4 Å². The molecule has 142 valence electrons. The zero-order chi connectivity index (χ0) is 19.7. The summed E-state index contributed by atoms with van der Waals surface area (Å²) in [6, 6.07) is 12.8. The molecule has 0 bridgehead atoms. The summed E-state index contributed by atoms with van der Waals surface area (Å²) in [6.45, 7) is 3.79. The van der Waals surface area contributed by atoms with E-state index in [1.54, 1.807) is 29.8 Å². The number of hydrogen-bond acceptors (Lipinski definition) is 7. The number of aryl methyl sites for hydroxylation is 1. The number of carbonyl (C=O) groups excluding carboxylic acids is 2. The number of nitrogens with one attached hydrogen (secondary N) is 1. The van der Waals surface area contributed by atoms with Gasteiger partial charge in [-0.05, 0) is 54.6 Å². The van der Waals surface area contributed by atoms with E-state index >= 15 is 0 Å². The summed E-state index contributed by atoms with van der Waals surface area (Å²) in [5.74, 6) is 0.225. The summed E-state index contributed by atoms with van der Waals surface area (Å²) < 4.78 is 6.94. The molecule has 0 saturated heterocycles. The third-order valence-corrected chi connectivity index (χ3v) is 5.30. The van der Waals surface area contributed by atoms with E-state index in [9.17, 15) is 9.59 Å². The van der Waals surface area contributed by atoms with E-state index in [1.165, 1.54) is 11.8 Å². The van der Waals surface area contributed by atoms with Crippen LogP contribution >= 0.6 is 11.8 Å². The lowest BCUT2D eigenvalue weighted by Gasteiger charge is -2.19. The normalized spacial score (nSPS) is 14.0. The monoisotopic (exact) mass is 395 g/mol. The van der Waals surface area contributed by atoms with Gasteiger partial charge >= 0.3 is 0 Å². The number of tetrazole rings is 1. The number of ether oxygens (including phenoxy) is 1. The average Bonchev–Trinajstić information content (AvgIpc) is 3.15. The van der Waals surface area contributed by atoms with Crippen LogP contribution in [0.5, 0.6) is 5.75 Å². The quantitative estimate of drug-likeness (QED) is 0.524. The largest absolute Gasteiger partial charge is 0.482 e. The molecule has 0 radical (unpaired) electrons. The fourth-order valence-corrected chi connectivity index (χ4v) is 3.67. The first kappa shape index (κ1) is 18.2. The van der Waals surface area contributed by atoms with Crippen molar-refractivity contribution in [1.29, 1.82) is 0 Å². The maximum absolute atomic E-state index is 12.9. The molecule has 1 atom stereocenters. The van der Waals surface area contributed by atoms with Gasteiger partial charge in [0.05, 0.1) is 16.6 Å². The summed E-state index contributed by atoms with van der Waals surface area (Å²) in [4.78, 5) is 24.4. The number of fused-ring (bicyclic) bond motifs is 1. The van der Waals surface area contributed by atoms with Crippen molar-refractivity contribution in [3.05, 3.63) is 53.6 Å². The van der Waals surface area contributed by atoms with Gasteiger partial charge in [0.1, 0.15) is 5.75 Å². The number of nitrogens with zero attached hydrogens (tertiary/aromatic N) is 4. The van der Waals surface area contributed by atoms with Crippen LogP contribution in [0, 0.1) is 6.92 Å². The highest BCUT2D eigenvalue weighted by Crippen LogP contribution is 2.31. The lowest BCUT2D eigenvalue weighted by Crippen LogP contribution is -2.25. The Hall–Kier alpha value is -3.20. The second kappa shape index (κ2) is 7.43. The Morgan fingerprint density at radius 1 is 1.25 bits per heavy atom. The number of hydrogen-bond donors (Lipinski definition) is 1. The maximum Gasteiger partial charge on any atom is 0.262 e. The highest BCUT2D eigenvalue weighted by molar-refractivity contribution is 8.00. The number of benzene rings is 2. The molecule has 1 N–H and O–H groups in total. The van der Waals surface area contributed by atoms with Gasteiger partial charge in [-0.25, -0.2) is 0 Å². The van der Waals surface area contributed by atoms with Gasteiger partial charge in [-0.3, -0.25) is 9.59 Å². The van der Waals surface area contributed by atoms with Gasteiger partial charge in [0.25, 0.3) is 5.91 Å². The Kier molecular flexibility index (Phi) is 4.82. The van der Waals surface area contributed by atoms with Crippen molar-refractivity contribution < 1.29 is 14.3 Å². The van der Waals surface area contributed by atoms with Crippen molar-refractivity contribution in [2.75, 3.05) is 11.9 Å². The van der Waals surface area contributed by atoms with Crippen molar-refractivity contribution in [1.82, 2.24) is 20.2 Å². The predicted molar refractivity (Wildman–Crippen MR) is 104 cm³/mol. The Bertz CT molecular complexity index is 1050. The highest BCUT2D eigenvalue weighted by Gasteiger charge is 2.23. The van der Waals surface area contributed by atoms with Gasteiger partial charge in [-0.1, -0.05) is 29.5 Å². The zero-order valence-corrected chi connectivity index (χ0v) is 16.1. The molecule has 1 aliphatic rings. The molecular formula is C19H17N5O3S. The minimum absolute atomic E-state index is 0.0196. The van der Waals surface area contributed by atoms with Gasteiger partial charge in [0.15, 0.2) is 12.4 Å². The van der Waals surface area contributed by atoms with E-state index < -0.39 is 5.25 Å². The Balaban J connectivity index is 1.53. The molecule has 3 aromatic rings. The van der Waals surface area contributed by atoms with Crippen LogP contribution in [-0.2, 0) is 4.79 Å². The zero-order valence-electron chi connectivity index (χ0n) is 15.2. The number of Topliss-reactive ketones (excluding diaryl/α,β-unsaturated/α-hetero) is 1. The van der Waals surface area contributed by atoms with Crippen LogP contribution in [0.4, 0.5) is 5.69 Å². The third-order valence-electron chi connectivity index (χ3n) is 4.27. The van der Waals surface area contributed by atoms with E-state index in [1.807, 2.05) is 31.2 Å². The molecule has 28 heavy (non-hydrogen) atoms. The second-order valence-corrected chi connectivity index (χ2v) is 7.69. The van der Waals surface area contributed by atoms with E-state index in [-0.39, 0.29) is 18.3 Å². The molecule has 1 aromatic heterocycles. The van der Waals surface area contributed by atoms with Gasteiger partial charge in [0, 0.05) is 5.56 Å². The molecule has 2 aromatic carbocycles. The number of ketones is 1. The summed E-state index contributed by atoms with van der Waals surface area (Å²) in [5.41, 5.74) is 2.95. The first-order valence-corrected chi connectivity index (χ1v) is 9.52. The SMILES string of the molecule is Cc1ccc(-n2nnnc2SC(C)C(=O)c2ccc3c(c2)NC(=O)CO3)cc1. The first-order chi connectivity index (χ1) is 13.5. The van der Waals surface area contributed by atoms with Crippen LogP contribution in [0.25, 0.3) is 5.69 Å². The number of amides is 1. The molecule has 0 fully saturated rings. The van der Waals surface area contributed by atoms with Crippen molar-refractivity contribution in [2.24, 2.45) is 0 Å². The minimum atomic E-state index is -0.423. The second-order valence-electron chi connectivity index (χ2n) is 6.38. The van der Waals surface area contributed by atoms with Crippen LogP contribution in [0.1, 0.15) is 22.8 Å². The molecule has 0 spiro atoms. The topological polar surface area (TPSA) is 99.0 Å². The predicted octanol–water partition coefficient (Wildman–Crippen LogP) is 2.67. The smallest absolute Gasteiger partial charge is 0.262 e. The summed E-state index contributed by atoms with van der Waals surface area (Å²) in [7, 11) is 0. The Morgan fingerprint density at radius 2 is 2.04 bits per heavy atom. The number of carbonyl (C=O) groups is 2. The number of anilines is 1. The van der Waals surface area contributed by atoms with Gasteiger partial charge in [-0.2, -0.15) is 4.68 Å². The molecule has 1 amide bonds. The van der Waals surface area contributed by atoms with Gasteiger partial charge < -0.3 is 10.1 Å². The van der Waals surface area contributed by atoms with Crippen molar-refractivity contribution >= 4 is 29.1 Å². The molecule has 8 nitrogen and oxygen atoms in total.